The van der Waals surface area contributed by atoms with E-state index < -0.39 is 6.04 Å². The summed E-state index contributed by atoms with van der Waals surface area (Å²) in [6.07, 6.45) is 1.91. The van der Waals surface area contributed by atoms with Crippen LogP contribution in [0.3, 0.4) is 0 Å². The first-order valence-corrected chi connectivity index (χ1v) is 11.5. The zero-order valence-corrected chi connectivity index (χ0v) is 19.5. The van der Waals surface area contributed by atoms with Crippen molar-refractivity contribution >= 4 is 11.6 Å². The number of nitrogens with zero attached hydrogens (tertiary/aromatic N) is 3. The summed E-state index contributed by atoms with van der Waals surface area (Å²) >= 11 is 0. The predicted molar refractivity (Wildman–Crippen MR) is 125 cm³/mol. The number of amides is 2. The SMILES string of the molecule is CC1=C(c2nc(-c3ccc(F)cc3)no2)C(c2ccc(C)c(C)c2)NC(=O)N1CC1CCCO1. The summed E-state index contributed by atoms with van der Waals surface area (Å²) in [6.45, 7) is 7.17. The van der Waals surface area contributed by atoms with E-state index in [1.54, 1.807) is 17.0 Å². The number of nitrogens with one attached hydrogen (secondary N) is 1. The first-order valence-electron chi connectivity index (χ1n) is 11.5. The van der Waals surface area contributed by atoms with Crippen molar-refractivity contribution in [1.29, 1.82) is 0 Å². The highest BCUT2D eigenvalue weighted by Crippen LogP contribution is 2.38. The molecule has 1 fully saturated rings. The van der Waals surface area contributed by atoms with Gasteiger partial charge in [-0.1, -0.05) is 23.4 Å². The second kappa shape index (κ2) is 9.02. The van der Waals surface area contributed by atoms with E-state index in [2.05, 4.69) is 28.4 Å². The number of halogens is 1. The lowest BCUT2D eigenvalue weighted by atomic mass is 9.92. The lowest BCUT2D eigenvalue weighted by molar-refractivity contribution is 0.0877. The minimum Gasteiger partial charge on any atom is -0.376 e. The Balaban J connectivity index is 1.58. The fraction of sp³-hybridized carbons (Fsp3) is 0.346. The van der Waals surface area contributed by atoms with E-state index >= 15 is 0 Å². The van der Waals surface area contributed by atoms with E-state index in [0.717, 1.165) is 35.2 Å². The van der Waals surface area contributed by atoms with Crippen LogP contribution in [0.15, 0.2) is 52.7 Å². The molecule has 1 aromatic heterocycles. The van der Waals surface area contributed by atoms with Gasteiger partial charge in [-0.2, -0.15) is 4.98 Å². The molecule has 2 aliphatic rings. The van der Waals surface area contributed by atoms with E-state index in [1.165, 1.54) is 17.7 Å². The minimum atomic E-state index is -0.450. The van der Waals surface area contributed by atoms with Crippen molar-refractivity contribution in [2.45, 2.75) is 45.8 Å². The van der Waals surface area contributed by atoms with Crippen LogP contribution in [0.25, 0.3) is 17.0 Å². The molecular weight excluding hydrogens is 435 g/mol. The summed E-state index contributed by atoms with van der Waals surface area (Å²) in [4.78, 5) is 19.5. The molecular formula is C26H27FN4O3. The normalized spacial score (nSPS) is 20.7. The largest absolute Gasteiger partial charge is 0.376 e. The van der Waals surface area contributed by atoms with Gasteiger partial charge < -0.3 is 14.6 Å². The summed E-state index contributed by atoms with van der Waals surface area (Å²) < 4.78 is 24.8. The van der Waals surface area contributed by atoms with Crippen molar-refractivity contribution in [3.05, 3.63) is 76.6 Å². The third-order valence-corrected chi connectivity index (χ3v) is 6.63. The van der Waals surface area contributed by atoms with Gasteiger partial charge >= 0.3 is 6.03 Å². The van der Waals surface area contributed by atoms with Gasteiger partial charge in [0.05, 0.1) is 24.3 Å². The van der Waals surface area contributed by atoms with Crippen LogP contribution in [0.5, 0.6) is 0 Å². The Kier molecular flexibility index (Phi) is 5.91. The highest BCUT2D eigenvalue weighted by molar-refractivity contribution is 5.87. The van der Waals surface area contributed by atoms with Crippen molar-refractivity contribution in [2.75, 3.05) is 13.2 Å². The summed E-state index contributed by atoms with van der Waals surface area (Å²) in [5.74, 6) is 0.342. The van der Waals surface area contributed by atoms with E-state index in [4.69, 9.17) is 9.26 Å². The number of hydrogen-bond donors (Lipinski definition) is 1. The molecule has 2 unspecified atom stereocenters. The van der Waals surface area contributed by atoms with Gasteiger partial charge in [0, 0.05) is 17.9 Å². The molecule has 176 valence electrons. The summed E-state index contributed by atoms with van der Waals surface area (Å²) in [5.41, 5.74) is 5.36. The van der Waals surface area contributed by atoms with Crippen LogP contribution in [-0.4, -0.2) is 40.3 Å². The Morgan fingerprint density at radius 2 is 1.91 bits per heavy atom. The highest BCUT2D eigenvalue weighted by Gasteiger charge is 2.37. The Bertz CT molecular complexity index is 1250. The average molecular weight is 463 g/mol. The van der Waals surface area contributed by atoms with Crippen LogP contribution < -0.4 is 5.32 Å². The standard InChI is InChI=1S/C26H27FN4O3/c1-15-6-7-19(13-16(15)2)23-22(17(3)31(26(32)28-23)14-21-5-4-12-33-21)25-29-24(30-34-25)18-8-10-20(27)11-9-18/h6-11,13,21,23H,4-5,12,14H2,1-3H3,(H,28,32). The zero-order valence-electron chi connectivity index (χ0n) is 19.5. The number of urea groups is 1. The number of carbonyl (C=O) groups excluding carboxylic acids is 1. The van der Waals surface area contributed by atoms with Gasteiger partial charge in [-0.25, -0.2) is 9.18 Å². The fourth-order valence-corrected chi connectivity index (χ4v) is 4.51. The number of allylic oxidation sites excluding steroid dienone is 1. The monoisotopic (exact) mass is 462 g/mol. The van der Waals surface area contributed by atoms with Crippen molar-refractivity contribution in [3.63, 3.8) is 0 Å². The Morgan fingerprint density at radius 1 is 1.12 bits per heavy atom. The van der Waals surface area contributed by atoms with E-state index in [0.29, 0.717) is 30.4 Å². The van der Waals surface area contributed by atoms with Crippen LogP contribution >= 0.6 is 0 Å². The van der Waals surface area contributed by atoms with Crippen LogP contribution in [-0.2, 0) is 4.74 Å². The molecule has 7 nitrogen and oxygen atoms in total. The van der Waals surface area contributed by atoms with Crippen molar-refractivity contribution in [2.24, 2.45) is 0 Å². The molecule has 0 saturated carbocycles. The van der Waals surface area contributed by atoms with Gasteiger partial charge in [-0.15, -0.1) is 0 Å². The summed E-state index contributed by atoms with van der Waals surface area (Å²) in [5, 5.41) is 7.27. The molecule has 3 heterocycles. The highest BCUT2D eigenvalue weighted by atomic mass is 19.1. The molecule has 2 aromatic carbocycles. The average Bonchev–Trinajstić information content (AvgIpc) is 3.51. The molecule has 1 N–H and O–H groups in total. The van der Waals surface area contributed by atoms with Crippen molar-refractivity contribution in [1.82, 2.24) is 20.4 Å². The lowest BCUT2D eigenvalue weighted by Crippen LogP contribution is -2.48. The second-order valence-electron chi connectivity index (χ2n) is 8.90. The van der Waals surface area contributed by atoms with E-state index in [1.807, 2.05) is 26.0 Å². The molecule has 3 aromatic rings. The first kappa shape index (κ1) is 22.3. The van der Waals surface area contributed by atoms with Gasteiger partial charge in [0.2, 0.25) is 5.82 Å². The Hall–Kier alpha value is -3.52. The fourth-order valence-electron chi connectivity index (χ4n) is 4.51. The molecule has 2 amide bonds. The molecule has 0 bridgehead atoms. The van der Waals surface area contributed by atoms with Gasteiger partial charge in [0.1, 0.15) is 5.82 Å². The Labute approximate surface area is 197 Å². The molecule has 2 aliphatic heterocycles. The topological polar surface area (TPSA) is 80.5 Å². The molecule has 0 radical (unpaired) electrons. The molecule has 34 heavy (non-hydrogen) atoms. The van der Waals surface area contributed by atoms with Crippen LogP contribution in [0, 0.1) is 19.7 Å². The van der Waals surface area contributed by atoms with E-state index in [-0.39, 0.29) is 18.0 Å². The number of aryl methyl sites for hydroxylation is 2. The van der Waals surface area contributed by atoms with Gasteiger partial charge in [0.15, 0.2) is 0 Å². The predicted octanol–water partition coefficient (Wildman–Crippen LogP) is 5.17. The molecule has 1 saturated heterocycles. The second-order valence-corrected chi connectivity index (χ2v) is 8.90. The first-order chi connectivity index (χ1) is 16.4. The molecule has 0 aliphatic carbocycles. The lowest BCUT2D eigenvalue weighted by Gasteiger charge is -2.36. The van der Waals surface area contributed by atoms with Crippen LogP contribution in [0.2, 0.25) is 0 Å². The molecule has 8 heteroatoms. The van der Waals surface area contributed by atoms with Gasteiger partial charge in [-0.05, 0) is 74.6 Å². The van der Waals surface area contributed by atoms with Gasteiger partial charge in [-0.3, -0.25) is 4.90 Å². The number of hydrogen-bond acceptors (Lipinski definition) is 5. The number of aromatic nitrogens is 2. The third-order valence-electron chi connectivity index (χ3n) is 6.63. The summed E-state index contributed by atoms with van der Waals surface area (Å²) in [7, 11) is 0. The maximum absolute atomic E-state index is 13.4. The van der Waals surface area contributed by atoms with Crippen LogP contribution in [0.4, 0.5) is 9.18 Å². The van der Waals surface area contributed by atoms with Crippen molar-refractivity contribution in [3.8, 4) is 11.4 Å². The molecule has 0 spiro atoms. The van der Waals surface area contributed by atoms with Crippen molar-refractivity contribution < 1.29 is 18.4 Å². The minimum absolute atomic E-state index is 0.00224. The number of benzene rings is 2. The molecule has 2 atom stereocenters. The Morgan fingerprint density at radius 3 is 2.62 bits per heavy atom. The quantitative estimate of drug-likeness (QED) is 0.566. The van der Waals surface area contributed by atoms with E-state index in [9.17, 15) is 9.18 Å². The smallest absolute Gasteiger partial charge is 0.322 e. The summed E-state index contributed by atoms with van der Waals surface area (Å²) in [6, 6.07) is 11.4. The zero-order chi connectivity index (χ0) is 23.8. The number of carbonyl (C=O) groups is 1. The number of rotatable bonds is 5. The number of ether oxygens (including phenoxy) is 1. The maximum Gasteiger partial charge on any atom is 0.322 e. The molecule has 5 rings (SSSR count). The third kappa shape index (κ3) is 4.21. The van der Waals surface area contributed by atoms with Crippen LogP contribution in [0.1, 0.15) is 48.4 Å². The maximum atomic E-state index is 13.4. The van der Waals surface area contributed by atoms with Gasteiger partial charge in [0.25, 0.3) is 5.89 Å².